The zero-order valence-corrected chi connectivity index (χ0v) is 27.4. The second-order valence-corrected chi connectivity index (χ2v) is 32.5. The van der Waals surface area contributed by atoms with Gasteiger partial charge in [-0.2, -0.15) is 0 Å². The Bertz CT molecular complexity index is 463. The average molecular weight is 636 g/mol. The first kappa shape index (κ1) is 29.4. The average Bonchev–Trinajstić information content (AvgIpc) is 2.56. The van der Waals surface area contributed by atoms with Gasteiger partial charge in [-0.15, -0.1) is 0 Å². The van der Waals surface area contributed by atoms with Gasteiger partial charge in [0, 0.05) is 0 Å². The second kappa shape index (κ2) is 19.5. The van der Waals surface area contributed by atoms with Crippen LogP contribution >= 0.6 is 20.0 Å². The van der Waals surface area contributed by atoms with Gasteiger partial charge in [-0.1, -0.05) is 0 Å². The topological polar surface area (TPSA) is 0 Å². The van der Waals surface area contributed by atoms with E-state index in [0.717, 1.165) is 0 Å². The Morgan fingerprint density at radius 3 is 0.769 bits per heavy atom. The molecule has 2 aromatic carbocycles. The second-order valence-electron chi connectivity index (χ2n) is 6.49. The minimum atomic E-state index is -0.861. The van der Waals surface area contributed by atoms with Gasteiger partial charge in [0.2, 0.25) is 0 Å². The predicted molar refractivity (Wildman–Crippen MR) is 134 cm³/mol. The molecule has 2 rings (SSSR count). The van der Waals surface area contributed by atoms with Crippen molar-refractivity contribution in [1.29, 1.82) is 0 Å². The molecule has 0 atom stereocenters. The maximum atomic E-state index is 5.44. The predicted octanol–water partition coefficient (Wildman–Crippen LogP) is 6.25. The van der Waals surface area contributed by atoms with Gasteiger partial charge in [0.15, 0.2) is 0 Å². The summed E-state index contributed by atoms with van der Waals surface area (Å²) in [5.41, 5.74) is 0. The molecule has 6 heteroatoms. The fourth-order valence-electron chi connectivity index (χ4n) is 1.54. The third kappa shape index (κ3) is 23.2. The number of hydrogen-bond acceptors (Lipinski definition) is 0. The third-order valence-corrected chi connectivity index (χ3v) is 8.95. The standard InChI is InChI=1S/2C8H11Ge.2C2H6ClGe/c2*1-9(2)8-6-4-3-5-7-8;2*1-4(2)3/h2*3-7H,1-2H3;2*1-2H3. The maximum absolute atomic E-state index is 5.44. The van der Waals surface area contributed by atoms with Crippen molar-refractivity contribution in [2.24, 2.45) is 0 Å². The van der Waals surface area contributed by atoms with Gasteiger partial charge in [-0.25, -0.2) is 0 Å². The van der Waals surface area contributed by atoms with Crippen LogP contribution in [0.1, 0.15) is 0 Å². The van der Waals surface area contributed by atoms with Crippen molar-refractivity contribution in [2.45, 2.75) is 46.0 Å². The number of rotatable bonds is 2. The molecule has 0 saturated heterocycles. The van der Waals surface area contributed by atoms with Crippen molar-refractivity contribution in [3.63, 3.8) is 0 Å². The summed E-state index contributed by atoms with van der Waals surface area (Å²) in [5, 5.41) is 0. The molecule has 0 bridgehead atoms. The molecule has 0 heterocycles. The molecule has 4 radical (unpaired) electrons. The van der Waals surface area contributed by atoms with Crippen molar-refractivity contribution in [3.8, 4) is 0 Å². The molecule has 0 aliphatic heterocycles. The first-order chi connectivity index (χ1) is 12.1. The van der Waals surface area contributed by atoms with E-state index in [2.05, 4.69) is 107 Å². The normalized spacial score (nSPS) is 9.77. The zero-order chi connectivity index (χ0) is 20.5. The van der Waals surface area contributed by atoms with Crippen LogP contribution in [0.3, 0.4) is 0 Å². The van der Waals surface area contributed by atoms with Crippen LogP contribution in [0.5, 0.6) is 0 Å². The summed E-state index contributed by atoms with van der Waals surface area (Å²) < 4.78 is 3.16. The van der Waals surface area contributed by atoms with Crippen LogP contribution in [0, 0.1) is 0 Å². The van der Waals surface area contributed by atoms with Gasteiger partial charge in [0.05, 0.1) is 0 Å². The van der Waals surface area contributed by atoms with Gasteiger partial charge in [-0.3, -0.25) is 0 Å². The summed E-state index contributed by atoms with van der Waals surface area (Å²) in [4.78, 5) is 0. The van der Waals surface area contributed by atoms with Crippen molar-refractivity contribution in [1.82, 2.24) is 0 Å². The quantitative estimate of drug-likeness (QED) is 0.343. The SMILES string of the molecule is [CH3][Ge]([CH3])[Cl].[CH3][Ge]([CH3])[Cl].[CH3][Ge]([CH3])[c]1ccccc1.[CH3][Ge]([CH3])[c]1ccccc1. The Hall–Kier alpha value is 1.19. The molecule has 0 aliphatic carbocycles. The van der Waals surface area contributed by atoms with E-state index in [-0.39, 0.29) is 0 Å². The molecule has 2 aromatic rings. The molecule has 0 aromatic heterocycles. The first-order valence-corrected chi connectivity index (χ1v) is 33.1. The molecular formula is C20H34Cl2Ge4. The van der Waals surface area contributed by atoms with E-state index in [1.54, 1.807) is 8.79 Å². The van der Waals surface area contributed by atoms with Crippen LogP contribution in [0.15, 0.2) is 60.7 Å². The Morgan fingerprint density at radius 1 is 0.462 bits per heavy atom. The van der Waals surface area contributed by atoms with E-state index in [1.165, 1.54) is 0 Å². The van der Waals surface area contributed by atoms with Gasteiger partial charge < -0.3 is 0 Å². The Kier molecular flexibility index (Phi) is 22.1. The van der Waals surface area contributed by atoms with Crippen molar-refractivity contribution in [3.05, 3.63) is 60.7 Å². The van der Waals surface area contributed by atoms with Crippen LogP contribution in [0.4, 0.5) is 0 Å². The monoisotopic (exact) mass is 640 g/mol. The van der Waals surface area contributed by atoms with Gasteiger partial charge >= 0.3 is 191 Å². The molecule has 144 valence electrons. The van der Waals surface area contributed by atoms with Crippen LogP contribution in [0.2, 0.25) is 46.0 Å². The Balaban J connectivity index is 0. The molecule has 26 heavy (non-hydrogen) atoms. The van der Waals surface area contributed by atoms with Gasteiger partial charge in [-0.05, 0) is 0 Å². The molecule has 0 fully saturated rings. The number of hydrogen-bond donors (Lipinski definition) is 0. The minimum absolute atomic E-state index is 0.766. The van der Waals surface area contributed by atoms with E-state index >= 15 is 0 Å². The third-order valence-electron chi connectivity index (χ3n) is 2.70. The fourth-order valence-corrected chi connectivity index (χ4v) is 5.15. The van der Waals surface area contributed by atoms with Crippen LogP contribution < -0.4 is 8.79 Å². The molecule has 0 aliphatic rings. The van der Waals surface area contributed by atoms with E-state index in [9.17, 15) is 0 Å². The summed E-state index contributed by atoms with van der Waals surface area (Å²) in [6, 6.07) is 21.6. The summed E-state index contributed by atoms with van der Waals surface area (Å²) in [7, 11) is 10.9. The van der Waals surface area contributed by atoms with E-state index in [0.29, 0.717) is 0 Å². The van der Waals surface area contributed by atoms with Gasteiger partial charge in [0.25, 0.3) is 0 Å². The van der Waals surface area contributed by atoms with Gasteiger partial charge in [0.1, 0.15) is 0 Å². The molecule has 0 saturated carbocycles. The molecule has 0 unspecified atom stereocenters. The Morgan fingerprint density at radius 2 is 0.654 bits per heavy atom. The summed E-state index contributed by atoms with van der Waals surface area (Å²) in [6.45, 7) is 0. The van der Waals surface area contributed by atoms with Crippen LogP contribution in [0.25, 0.3) is 0 Å². The molecule has 0 amide bonds. The van der Waals surface area contributed by atoms with Crippen LogP contribution in [-0.2, 0) is 0 Å². The van der Waals surface area contributed by atoms with E-state index < -0.39 is 55.5 Å². The van der Waals surface area contributed by atoms with Crippen LogP contribution in [-0.4, -0.2) is 55.5 Å². The van der Waals surface area contributed by atoms with Crippen molar-refractivity contribution < 1.29 is 0 Å². The summed E-state index contributed by atoms with van der Waals surface area (Å²) in [6.07, 6.45) is 0. The number of halogens is 2. The molecule has 0 spiro atoms. The molecular weight excluding hydrogens is 602 g/mol. The van der Waals surface area contributed by atoms with E-state index in [4.69, 9.17) is 20.0 Å². The molecule has 0 nitrogen and oxygen atoms in total. The Labute approximate surface area is 189 Å². The van der Waals surface area contributed by atoms with Crippen molar-refractivity contribution >= 4 is 84.3 Å². The first-order valence-electron chi connectivity index (χ1n) is 8.70. The summed E-state index contributed by atoms with van der Waals surface area (Å²) >= 11 is -3.25. The fraction of sp³-hybridized carbons (Fsp3) is 0.400. The molecule has 0 N–H and O–H groups in total. The number of benzene rings is 2. The zero-order valence-electron chi connectivity index (χ0n) is 17.5. The van der Waals surface area contributed by atoms with E-state index in [1.807, 2.05) is 0 Å². The van der Waals surface area contributed by atoms with Crippen molar-refractivity contribution in [2.75, 3.05) is 0 Å². The summed E-state index contributed by atoms with van der Waals surface area (Å²) in [5.74, 6) is 17.9.